The summed E-state index contributed by atoms with van der Waals surface area (Å²) in [5.74, 6) is -4.03. The second-order valence-corrected chi connectivity index (χ2v) is 37.9. The molecular formula is C52H96Co2O8P4+4. The Balaban J connectivity index is -0.000000174. The molecule has 4 atom stereocenters. The maximum Gasteiger partial charge on any atom is 2.00 e. The number of carbonyl (C=O) groups is 4. The zero-order valence-electron chi connectivity index (χ0n) is 46.6. The summed E-state index contributed by atoms with van der Waals surface area (Å²) in [7, 11) is -1.96. The van der Waals surface area contributed by atoms with Gasteiger partial charge in [-0.2, -0.15) is 0 Å². The topological polar surface area (TPSA) is 161 Å². The first kappa shape index (κ1) is 76.5. The molecule has 0 spiro atoms. The second kappa shape index (κ2) is 30.7. The Hall–Kier alpha value is -0.947. The van der Waals surface area contributed by atoms with Gasteiger partial charge >= 0.3 is 33.6 Å². The third-order valence-electron chi connectivity index (χ3n) is 10.4. The summed E-state index contributed by atoms with van der Waals surface area (Å²) >= 11 is 0. The van der Waals surface area contributed by atoms with Crippen molar-refractivity contribution in [1.29, 1.82) is 0 Å². The van der Waals surface area contributed by atoms with E-state index >= 15 is 0 Å². The van der Waals surface area contributed by atoms with E-state index in [1.165, 1.54) is 0 Å². The van der Waals surface area contributed by atoms with E-state index < -0.39 is 77.2 Å². The summed E-state index contributed by atoms with van der Waals surface area (Å²) in [5.41, 5.74) is -2.78. The van der Waals surface area contributed by atoms with Crippen LogP contribution < -0.4 is 41.6 Å². The molecule has 0 bridgehead atoms. The maximum atomic E-state index is 9.91. The molecule has 8 nitrogen and oxygen atoms in total. The number of hydrogen-bond donors (Lipinski definition) is 0. The van der Waals surface area contributed by atoms with E-state index in [1.807, 2.05) is 0 Å². The third kappa shape index (κ3) is 33.6. The molecule has 2 aromatic rings. The van der Waals surface area contributed by atoms with Gasteiger partial charge in [-0.15, -0.1) is 0 Å². The van der Waals surface area contributed by atoms with Crippen molar-refractivity contribution in [3.05, 3.63) is 48.5 Å². The van der Waals surface area contributed by atoms with Crippen LogP contribution in [0.1, 0.15) is 166 Å². The SMILES string of the molecule is CC(C)(C)C(=O)[O-].CC(C)(C)C(=O)[O-].CC(C)(C)C(=O)[O-].CC(C)(C)C(=O)[O-].C[PH+](c1ccccc1[PH+](C)C(C)(C)C)C(C)(C)C.C[PH+](c1ccccc1[PH+](C)C(C)(C)C)C(C)(C)C.[Co+2].[Co+2]. The number of carbonyl (C=O) groups excluding carboxylic acids is 4. The molecule has 0 aliphatic rings. The van der Waals surface area contributed by atoms with Crippen LogP contribution in [0, 0.1) is 21.7 Å². The Bertz CT molecular complexity index is 1470. The Morgan fingerprint density at radius 3 is 0.455 bits per heavy atom. The van der Waals surface area contributed by atoms with Gasteiger partial charge in [0, 0.05) is 77.2 Å². The molecule has 0 fully saturated rings. The Morgan fingerprint density at radius 1 is 0.303 bits per heavy atom. The first-order chi connectivity index (χ1) is 27.9. The van der Waals surface area contributed by atoms with Crippen molar-refractivity contribution in [1.82, 2.24) is 0 Å². The fraction of sp³-hybridized carbons (Fsp3) is 0.692. The van der Waals surface area contributed by atoms with Crippen LogP contribution >= 0.6 is 31.7 Å². The molecule has 0 aliphatic heterocycles. The quantitative estimate of drug-likeness (QED) is 0.284. The predicted octanol–water partition coefficient (Wildman–Crippen LogP) is 7.57. The molecule has 14 heteroatoms. The smallest absolute Gasteiger partial charge is 0.550 e. The summed E-state index contributed by atoms with van der Waals surface area (Å²) in [5, 5.41) is 48.0. The average molecular weight is 1090 g/mol. The van der Waals surface area contributed by atoms with Crippen molar-refractivity contribution >= 4 is 76.8 Å². The number of aliphatic carboxylic acids is 4. The minimum atomic E-state index is -1.01. The first-order valence-electron chi connectivity index (χ1n) is 22.3. The third-order valence-corrected chi connectivity index (χ3v) is 24.9. The normalized spacial score (nSPS) is 13.8. The number of carboxylic acids is 4. The van der Waals surface area contributed by atoms with Crippen LogP contribution in [0.4, 0.5) is 0 Å². The molecule has 2 radical (unpaired) electrons. The summed E-state index contributed by atoms with van der Waals surface area (Å²) in [6.07, 6.45) is 0. The van der Waals surface area contributed by atoms with Crippen LogP contribution in [0.2, 0.25) is 0 Å². The predicted molar refractivity (Wildman–Crippen MR) is 285 cm³/mol. The molecule has 386 valence electrons. The van der Waals surface area contributed by atoms with Crippen LogP contribution in [0.3, 0.4) is 0 Å². The fourth-order valence-electron chi connectivity index (χ4n) is 3.89. The van der Waals surface area contributed by atoms with Gasteiger partial charge in [0.25, 0.3) is 0 Å². The molecule has 0 N–H and O–H groups in total. The summed E-state index contributed by atoms with van der Waals surface area (Å²) in [6, 6.07) is 18.4. The molecule has 66 heavy (non-hydrogen) atoms. The maximum absolute atomic E-state index is 9.91. The van der Waals surface area contributed by atoms with Gasteiger partial charge in [-0.25, -0.2) is 0 Å². The van der Waals surface area contributed by atoms with Crippen LogP contribution in [-0.2, 0) is 52.7 Å². The van der Waals surface area contributed by atoms with Gasteiger partial charge in [0.05, 0.1) is 47.3 Å². The molecular weight excluding hydrogens is 994 g/mol. The van der Waals surface area contributed by atoms with Gasteiger partial charge in [-0.05, 0) is 107 Å². The van der Waals surface area contributed by atoms with Gasteiger partial charge in [0.15, 0.2) is 0 Å². The number of rotatable bonds is 4. The zero-order chi connectivity index (χ0) is 52.6. The Labute approximate surface area is 431 Å². The van der Waals surface area contributed by atoms with E-state index in [4.69, 9.17) is 0 Å². The van der Waals surface area contributed by atoms with Crippen molar-refractivity contribution in [3.63, 3.8) is 0 Å². The Kier molecular flexibility index (Phi) is 35.6. The van der Waals surface area contributed by atoms with Gasteiger partial charge < -0.3 is 39.6 Å². The monoisotopic (exact) mass is 1090 g/mol. The van der Waals surface area contributed by atoms with Crippen molar-refractivity contribution < 1.29 is 73.2 Å². The second-order valence-electron chi connectivity index (χ2n) is 24.7. The molecule has 0 aliphatic carbocycles. The molecule has 0 saturated heterocycles. The van der Waals surface area contributed by atoms with Crippen LogP contribution in [-0.4, -0.2) is 71.2 Å². The van der Waals surface area contributed by atoms with E-state index in [0.29, 0.717) is 20.6 Å². The van der Waals surface area contributed by atoms with E-state index in [0.717, 1.165) is 0 Å². The largest absolute Gasteiger partial charge is 2.00 e. The van der Waals surface area contributed by atoms with Crippen molar-refractivity contribution in [2.45, 2.75) is 187 Å². The van der Waals surface area contributed by atoms with E-state index in [9.17, 15) is 39.6 Å². The van der Waals surface area contributed by atoms with Crippen molar-refractivity contribution in [3.8, 4) is 0 Å². The van der Waals surface area contributed by atoms with Gasteiger partial charge in [-0.1, -0.05) is 107 Å². The molecule has 0 saturated carbocycles. The van der Waals surface area contributed by atoms with E-state index in [1.54, 1.807) is 104 Å². The summed E-state index contributed by atoms with van der Waals surface area (Å²) in [6.45, 7) is 57.7. The molecule has 0 aromatic heterocycles. The Morgan fingerprint density at radius 2 is 0.394 bits per heavy atom. The number of benzene rings is 2. The number of hydrogen-bond acceptors (Lipinski definition) is 8. The molecule has 2 aromatic carbocycles. The van der Waals surface area contributed by atoms with Gasteiger partial charge in [0.2, 0.25) is 0 Å². The molecule has 0 amide bonds. The standard InChI is InChI=1S/2C16H28P2.4C5H10O2.2Co/c2*1-15(2,3)17(7)13-11-9-10-12-14(13)18(8)16(4,5)6;4*1-5(2,3)4(6)7;;/h2*9-12H,1-8H3;4*1-3H3,(H,6,7);;/q;;;;;;2*+2. The minimum Gasteiger partial charge on any atom is -0.550 e. The van der Waals surface area contributed by atoms with Crippen molar-refractivity contribution in [2.75, 3.05) is 26.7 Å². The number of carboxylic acid groups (broad SMARTS) is 4. The van der Waals surface area contributed by atoms with Crippen LogP contribution in [0.25, 0.3) is 0 Å². The molecule has 2 rings (SSSR count). The van der Waals surface area contributed by atoms with Crippen molar-refractivity contribution in [2.24, 2.45) is 21.7 Å². The summed E-state index contributed by atoms with van der Waals surface area (Å²) in [4.78, 5) is 39.6. The fourth-order valence-corrected chi connectivity index (χ4v) is 12.7. The zero-order valence-corrected chi connectivity index (χ0v) is 52.6. The van der Waals surface area contributed by atoms with E-state index in [2.05, 4.69) is 158 Å². The summed E-state index contributed by atoms with van der Waals surface area (Å²) < 4.78 is 0. The molecule has 0 heterocycles. The first-order valence-corrected chi connectivity index (χ1v) is 30.3. The van der Waals surface area contributed by atoms with Crippen LogP contribution in [0.15, 0.2) is 48.5 Å². The molecule has 4 unspecified atom stereocenters. The minimum absolute atomic E-state index is 0. The van der Waals surface area contributed by atoms with Crippen LogP contribution in [0.5, 0.6) is 0 Å². The van der Waals surface area contributed by atoms with Gasteiger partial charge in [0.1, 0.15) is 21.2 Å². The van der Waals surface area contributed by atoms with E-state index in [-0.39, 0.29) is 33.6 Å². The average Bonchev–Trinajstić information content (AvgIpc) is 3.08. The van der Waals surface area contributed by atoms with Gasteiger partial charge in [-0.3, -0.25) is 0 Å².